The van der Waals surface area contributed by atoms with Gasteiger partial charge in [0.05, 0.1) is 0 Å². The van der Waals surface area contributed by atoms with Gasteiger partial charge in [0.15, 0.2) is 0 Å². The second kappa shape index (κ2) is 8.03. The number of halogens is 1. The third kappa shape index (κ3) is 13.9. The van der Waals surface area contributed by atoms with Crippen LogP contribution in [0.5, 0.6) is 0 Å². The van der Waals surface area contributed by atoms with Crippen molar-refractivity contribution in [2.75, 3.05) is 0 Å². The van der Waals surface area contributed by atoms with E-state index in [9.17, 15) is 0 Å². The Balaban J connectivity index is 0.000000385. The molecule has 0 atom stereocenters. The summed E-state index contributed by atoms with van der Waals surface area (Å²) in [6, 6.07) is 10.8. The van der Waals surface area contributed by atoms with Gasteiger partial charge in [-0.15, -0.1) is 10.2 Å². The van der Waals surface area contributed by atoms with E-state index >= 15 is 0 Å². The standard InChI is InChI=1S/C10H15Se.ClHO4/c1-11(2)9-8-10-6-4-3-5-7-10;2-1(3,4)5/h3-7H,8-9H2,1-2H3;(H,2,3,4,5)/q+1;/p-1. The van der Waals surface area contributed by atoms with E-state index in [4.69, 9.17) is 18.6 Å². The summed E-state index contributed by atoms with van der Waals surface area (Å²) in [6.45, 7) is 0. The normalized spacial score (nSPS) is 10.9. The summed E-state index contributed by atoms with van der Waals surface area (Å²) in [5, 5.41) is 1.42. The van der Waals surface area contributed by atoms with Gasteiger partial charge in [0.2, 0.25) is 0 Å². The summed E-state index contributed by atoms with van der Waals surface area (Å²) < 4.78 is 34.0. The van der Waals surface area contributed by atoms with E-state index < -0.39 is 10.2 Å². The third-order valence-corrected chi connectivity index (χ3v) is 3.78. The molecule has 0 bridgehead atoms. The van der Waals surface area contributed by atoms with Gasteiger partial charge >= 0.3 is 73.2 Å². The Morgan fingerprint density at radius 1 is 1.00 bits per heavy atom. The van der Waals surface area contributed by atoms with Crippen LogP contribution in [0, 0.1) is 10.2 Å². The molecule has 0 aliphatic rings. The van der Waals surface area contributed by atoms with Crippen LogP contribution in [0.4, 0.5) is 0 Å². The van der Waals surface area contributed by atoms with Crippen LogP contribution in [0.1, 0.15) is 5.56 Å². The molecule has 0 spiro atoms. The van der Waals surface area contributed by atoms with Crippen LogP contribution in [-0.4, -0.2) is 13.9 Å². The summed E-state index contributed by atoms with van der Waals surface area (Å²) in [5.41, 5.74) is 1.49. The fraction of sp³-hybridized carbons (Fsp3) is 0.400. The fourth-order valence-corrected chi connectivity index (χ4v) is 2.32. The van der Waals surface area contributed by atoms with Gasteiger partial charge in [0.25, 0.3) is 0 Å². The molecule has 4 nitrogen and oxygen atoms in total. The van der Waals surface area contributed by atoms with Crippen molar-refractivity contribution in [2.45, 2.75) is 23.4 Å². The summed E-state index contributed by atoms with van der Waals surface area (Å²) >= 11 is -0.225. The van der Waals surface area contributed by atoms with Gasteiger partial charge in [-0.05, 0) is 0 Å². The second-order valence-corrected chi connectivity index (χ2v) is 9.05. The molecule has 0 radical (unpaired) electrons. The molecule has 0 unspecified atom stereocenters. The fourth-order valence-electron chi connectivity index (χ4n) is 0.967. The van der Waals surface area contributed by atoms with Crippen molar-refractivity contribution >= 4 is 13.9 Å². The first kappa shape index (κ1) is 15.9. The second-order valence-electron chi connectivity index (χ2n) is 3.30. The molecule has 0 heterocycles. The van der Waals surface area contributed by atoms with Crippen LogP contribution in [0.25, 0.3) is 0 Å². The van der Waals surface area contributed by atoms with Crippen molar-refractivity contribution in [3.8, 4) is 0 Å². The van der Waals surface area contributed by atoms with Gasteiger partial charge in [-0.2, -0.15) is 0 Å². The molecule has 0 saturated heterocycles. The maximum Gasteiger partial charge on any atom is -0.112 e. The van der Waals surface area contributed by atoms with Gasteiger partial charge in [-0.3, -0.25) is 0 Å². The summed E-state index contributed by atoms with van der Waals surface area (Å²) in [7, 11) is -4.94. The van der Waals surface area contributed by atoms with Gasteiger partial charge in [0.1, 0.15) is 0 Å². The van der Waals surface area contributed by atoms with Crippen LogP contribution in [-0.2, 0) is 6.42 Å². The average molecular weight is 314 g/mol. The minimum atomic E-state index is -4.94. The Hall–Kier alpha value is -0.131. The third-order valence-electron chi connectivity index (χ3n) is 1.64. The summed E-state index contributed by atoms with van der Waals surface area (Å²) in [4.78, 5) is 0. The first-order valence-electron chi connectivity index (χ1n) is 4.49. The van der Waals surface area contributed by atoms with E-state index in [1.54, 1.807) is 0 Å². The molecule has 0 N–H and O–H groups in total. The number of hydrogen-bond acceptors (Lipinski definition) is 4. The predicted molar refractivity (Wildman–Crippen MR) is 52.4 cm³/mol. The van der Waals surface area contributed by atoms with Gasteiger partial charge in [0, 0.05) is 0 Å². The summed E-state index contributed by atoms with van der Waals surface area (Å²) in [5.74, 6) is 4.78. The summed E-state index contributed by atoms with van der Waals surface area (Å²) in [6.07, 6.45) is 1.28. The zero-order chi connectivity index (χ0) is 12.6. The quantitative estimate of drug-likeness (QED) is 0.617. The largest absolute Gasteiger partial charge is 0.222 e. The Labute approximate surface area is 102 Å². The number of hydrogen-bond donors (Lipinski definition) is 0. The van der Waals surface area contributed by atoms with Crippen LogP contribution < -0.4 is 18.6 Å². The predicted octanol–water partition coefficient (Wildman–Crippen LogP) is -1.77. The molecule has 6 heteroatoms. The van der Waals surface area contributed by atoms with E-state index in [-0.39, 0.29) is 13.9 Å². The molecule has 16 heavy (non-hydrogen) atoms. The average Bonchev–Trinajstić information content (AvgIpc) is 2.14. The zero-order valence-corrected chi connectivity index (χ0v) is 11.7. The first-order chi connectivity index (χ1) is 7.29. The molecule has 0 amide bonds. The van der Waals surface area contributed by atoms with Crippen molar-refractivity contribution in [1.29, 1.82) is 0 Å². The smallest absolute Gasteiger partial charge is 0.112 e. The van der Waals surface area contributed by atoms with E-state index in [0.717, 1.165) is 0 Å². The van der Waals surface area contributed by atoms with E-state index in [2.05, 4.69) is 42.0 Å². The minimum absolute atomic E-state index is 0.225. The van der Waals surface area contributed by atoms with E-state index in [0.29, 0.717) is 0 Å². The number of aryl methyl sites for hydroxylation is 1. The molecular formula is C10H15ClO4Se. The molecule has 0 aliphatic heterocycles. The molecule has 0 saturated carbocycles. The maximum atomic E-state index is 8.49. The molecule has 0 aliphatic carbocycles. The molecule has 1 rings (SSSR count). The molecule has 1 aromatic rings. The minimum Gasteiger partial charge on any atom is -0.222 e. The molecule has 1 aromatic carbocycles. The van der Waals surface area contributed by atoms with Crippen molar-refractivity contribution in [3.05, 3.63) is 35.9 Å². The van der Waals surface area contributed by atoms with Crippen LogP contribution >= 0.6 is 0 Å². The monoisotopic (exact) mass is 314 g/mol. The Morgan fingerprint density at radius 2 is 1.44 bits per heavy atom. The molecular weight excluding hydrogens is 299 g/mol. The Kier molecular flexibility index (Phi) is 7.97. The van der Waals surface area contributed by atoms with Crippen molar-refractivity contribution in [1.82, 2.24) is 0 Å². The molecule has 92 valence electrons. The van der Waals surface area contributed by atoms with E-state index in [1.165, 1.54) is 17.3 Å². The van der Waals surface area contributed by atoms with Gasteiger partial charge in [-0.25, -0.2) is 18.6 Å². The number of rotatable bonds is 3. The van der Waals surface area contributed by atoms with Crippen molar-refractivity contribution in [2.24, 2.45) is 0 Å². The van der Waals surface area contributed by atoms with Crippen LogP contribution in [0.2, 0.25) is 17.0 Å². The molecule has 0 fully saturated rings. The topological polar surface area (TPSA) is 92.2 Å². The molecule has 0 aromatic heterocycles. The zero-order valence-electron chi connectivity index (χ0n) is 9.22. The van der Waals surface area contributed by atoms with Gasteiger partial charge < -0.3 is 0 Å². The Bertz CT molecular complexity index is 268. The van der Waals surface area contributed by atoms with Crippen molar-refractivity contribution < 1.29 is 28.9 Å². The van der Waals surface area contributed by atoms with Crippen molar-refractivity contribution in [3.63, 3.8) is 0 Å². The Morgan fingerprint density at radius 3 is 1.81 bits per heavy atom. The van der Waals surface area contributed by atoms with E-state index in [1.807, 2.05) is 0 Å². The van der Waals surface area contributed by atoms with Crippen LogP contribution in [0.3, 0.4) is 0 Å². The van der Waals surface area contributed by atoms with Crippen LogP contribution in [0.15, 0.2) is 30.3 Å². The van der Waals surface area contributed by atoms with Gasteiger partial charge in [-0.1, -0.05) is 0 Å². The first-order valence-corrected chi connectivity index (χ1v) is 10.4. The number of benzene rings is 1. The SMILES string of the molecule is C[Se+](C)CCc1ccccc1.[O-][Cl+3]([O-])([O-])[O-]. The maximum absolute atomic E-state index is 8.49.